The molecular weight excluding hydrogens is 452 g/mol. The number of thiophene rings is 1. The second-order valence-electron chi connectivity index (χ2n) is 8.78. The van der Waals surface area contributed by atoms with E-state index >= 15 is 0 Å². The number of rotatable bonds is 5. The van der Waals surface area contributed by atoms with E-state index < -0.39 is 17.8 Å². The highest BCUT2D eigenvalue weighted by Gasteiger charge is 2.36. The molecule has 2 aromatic rings. The standard InChI is InChI=1S/C24H27F2NO5S/c1-14-2-4-15(5-3-14)22(28)27(17-8-10-31-11-9-17)23-20(32-24(29)30)13-21(33-23)18-7-6-16(25)12-19(18)26/h6-7,12-15,17H,2-5,8-11H2,1H3,(H,29,30)/t14-,15-. The average Bonchev–Trinajstić information content (AvgIpc) is 3.17. The maximum absolute atomic E-state index is 14.5. The molecule has 1 aliphatic carbocycles. The van der Waals surface area contributed by atoms with E-state index in [1.54, 1.807) is 4.90 Å². The Morgan fingerprint density at radius 1 is 1.09 bits per heavy atom. The van der Waals surface area contributed by atoms with Crippen molar-refractivity contribution >= 4 is 28.4 Å². The predicted molar refractivity (Wildman–Crippen MR) is 121 cm³/mol. The number of ether oxygens (including phenoxy) is 2. The van der Waals surface area contributed by atoms with Crippen LogP contribution in [-0.2, 0) is 9.53 Å². The Kier molecular flexibility index (Phi) is 7.29. The fourth-order valence-electron chi connectivity index (χ4n) is 4.61. The third kappa shape index (κ3) is 5.35. The summed E-state index contributed by atoms with van der Waals surface area (Å²) in [6, 6.07) is 4.45. The van der Waals surface area contributed by atoms with Crippen molar-refractivity contribution in [2.45, 2.75) is 51.5 Å². The van der Waals surface area contributed by atoms with Crippen LogP contribution in [0.1, 0.15) is 45.4 Å². The summed E-state index contributed by atoms with van der Waals surface area (Å²) in [6.45, 7) is 3.17. The summed E-state index contributed by atoms with van der Waals surface area (Å²) < 4.78 is 38.4. The maximum Gasteiger partial charge on any atom is 0.511 e. The molecule has 1 amide bonds. The van der Waals surface area contributed by atoms with Gasteiger partial charge in [-0.2, -0.15) is 0 Å². The Bertz CT molecular complexity index is 1010. The van der Waals surface area contributed by atoms with Gasteiger partial charge in [-0.3, -0.25) is 9.69 Å². The van der Waals surface area contributed by atoms with E-state index in [9.17, 15) is 23.5 Å². The van der Waals surface area contributed by atoms with Crippen molar-refractivity contribution in [3.05, 3.63) is 35.9 Å². The summed E-state index contributed by atoms with van der Waals surface area (Å²) in [7, 11) is 0. The number of anilines is 1. The molecular formula is C24H27F2NO5S. The number of benzene rings is 1. The molecule has 2 fully saturated rings. The highest BCUT2D eigenvalue weighted by atomic mass is 32.1. The number of amides is 1. The van der Waals surface area contributed by atoms with Gasteiger partial charge in [0, 0.05) is 47.7 Å². The van der Waals surface area contributed by atoms with Gasteiger partial charge in [0.25, 0.3) is 0 Å². The maximum atomic E-state index is 14.5. The number of carbonyl (C=O) groups excluding carboxylic acids is 1. The summed E-state index contributed by atoms with van der Waals surface area (Å²) in [5, 5.41) is 9.65. The minimum Gasteiger partial charge on any atom is -0.449 e. The lowest BCUT2D eigenvalue weighted by Gasteiger charge is -2.37. The molecule has 1 aromatic heterocycles. The molecule has 0 spiro atoms. The molecule has 2 aliphatic rings. The Hall–Kier alpha value is -2.52. The van der Waals surface area contributed by atoms with Gasteiger partial charge < -0.3 is 14.6 Å². The lowest BCUT2D eigenvalue weighted by Crippen LogP contribution is -2.46. The smallest absolute Gasteiger partial charge is 0.449 e. The molecule has 9 heteroatoms. The summed E-state index contributed by atoms with van der Waals surface area (Å²) in [5.74, 6) is -1.14. The molecule has 6 nitrogen and oxygen atoms in total. The van der Waals surface area contributed by atoms with Crippen LogP contribution in [0, 0.1) is 23.5 Å². The van der Waals surface area contributed by atoms with E-state index in [4.69, 9.17) is 9.47 Å². The van der Waals surface area contributed by atoms with E-state index in [1.807, 2.05) is 0 Å². The van der Waals surface area contributed by atoms with Crippen molar-refractivity contribution in [2.24, 2.45) is 11.8 Å². The van der Waals surface area contributed by atoms with Gasteiger partial charge in [-0.25, -0.2) is 13.6 Å². The van der Waals surface area contributed by atoms with Crippen LogP contribution in [0.4, 0.5) is 18.6 Å². The number of carbonyl (C=O) groups is 2. The molecule has 2 heterocycles. The summed E-state index contributed by atoms with van der Waals surface area (Å²) in [5.41, 5.74) is 0.119. The van der Waals surface area contributed by atoms with Crippen LogP contribution in [0.3, 0.4) is 0 Å². The van der Waals surface area contributed by atoms with E-state index in [2.05, 4.69) is 6.92 Å². The van der Waals surface area contributed by atoms with Gasteiger partial charge in [-0.15, -0.1) is 11.3 Å². The van der Waals surface area contributed by atoms with Crippen molar-refractivity contribution in [3.8, 4) is 16.2 Å². The Balaban J connectivity index is 1.76. The normalized spacial score (nSPS) is 21.5. The monoisotopic (exact) mass is 479 g/mol. The Morgan fingerprint density at radius 3 is 2.42 bits per heavy atom. The van der Waals surface area contributed by atoms with E-state index in [1.165, 1.54) is 12.1 Å². The topological polar surface area (TPSA) is 76.1 Å². The molecule has 178 valence electrons. The first kappa shape index (κ1) is 23.6. The molecule has 1 saturated heterocycles. The van der Waals surface area contributed by atoms with E-state index in [0.29, 0.717) is 41.9 Å². The fraction of sp³-hybridized carbons (Fsp3) is 0.500. The van der Waals surface area contributed by atoms with Crippen molar-refractivity contribution in [2.75, 3.05) is 18.1 Å². The van der Waals surface area contributed by atoms with Gasteiger partial charge in [0.1, 0.15) is 16.6 Å². The van der Waals surface area contributed by atoms with Crippen molar-refractivity contribution in [1.29, 1.82) is 0 Å². The largest absolute Gasteiger partial charge is 0.511 e. The Morgan fingerprint density at radius 2 is 1.79 bits per heavy atom. The van der Waals surface area contributed by atoms with Crippen LogP contribution in [0.25, 0.3) is 10.4 Å². The fourth-order valence-corrected chi connectivity index (χ4v) is 5.80. The quantitative estimate of drug-likeness (QED) is 0.526. The molecule has 33 heavy (non-hydrogen) atoms. The van der Waals surface area contributed by atoms with Crippen LogP contribution in [0.15, 0.2) is 24.3 Å². The molecule has 0 unspecified atom stereocenters. The number of hydrogen-bond acceptors (Lipinski definition) is 5. The number of nitrogens with zero attached hydrogens (tertiary/aromatic N) is 1. The van der Waals surface area contributed by atoms with Gasteiger partial charge in [0.15, 0.2) is 5.75 Å². The van der Waals surface area contributed by atoms with Crippen LogP contribution >= 0.6 is 11.3 Å². The number of halogens is 2. The van der Waals surface area contributed by atoms with Gasteiger partial charge in [0.2, 0.25) is 5.91 Å². The number of carboxylic acid groups (broad SMARTS) is 1. The third-order valence-electron chi connectivity index (χ3n) is 6.45. The van der Waals surface area contributed by atoms with E-state index in [-0.39, 0.29) is 29.2 Å². The second-order valence-corrected chi connectivity index (χ2v) is 9.81. The van der Waals surface area contributed by atoms with Gasteiger partial charge in [-0.1, -0.05) is 6.92 Å². The first-order chi connectivity index (χ1) is 15.8. The van der Waals surface area contributed by atoms with Crippen LogP contribution in [0.2, 0.25) is 0 Å². The zero-order valence-electron chi connectivity index (χ0n) is 18.4. The first-order valence-electron chi connectivity index (χ1n) is 11.2. The predicted octanol–water partition coefficient (Wildman–Crippen LogP) is 6.09. The second kappa shape index (κ2) is 10.2. The SMILES string of the molecule is C[C@H]1CC[C@H](C(=O)N(c2sc(-c3ccc(F)cc3F)cc2OC(=O)O)C2CCOCC2)CC1. The van der Waals surface area contributed by atoms with Crippen LogP contribution in [0.5, 0.6) is 5.75 Å². The van der Waals surface area contributed by atoms with Crippen LogP contribution in [-0.4, -0.2) is 36.4 Å². The summed E-state index contributed by atoms with van der Waals surface area (Å²) >= 11 is 1.08. The highest BCUT2D eigenvalue weighted by molar-refractivity contribution is 7.20. The lowest BCUT2D eigenvalue weighted by atomic mass is 9.82. The van der Waals surface area contributed by atoms with Crippen molar-refractivity contribution < 1.29 is 33.0 Å². The van der Waals surface area contributed by atoms with Gasteiger partial charge in [0.05, 0.1) is 0 Å². The summed E-state index contributed by atoms with van der Waals surface area (Å²) in [4.78, 5) is 27.2. The molecule has 0 bridgehead atoms. The van der Waals surface area contributed by atoms with E-state index in [0.717, 1.165) is 49.2 Å². The first-order valence-corrected chi connectivity index (χ1v) is 12.1. The van der Waals surface area contributed by atoms with Gasteiger partial charge >= 0.3 is 6.16 Å². The molecule has 1 aliphatic heterocycles. The lowest BCUT2D eigenvalue weighted by molar-refractivity contribution is -0.124. The summed E-state index contributed by atoms with van der Waals surface area (Å²) in [6.07, 6.45) is 3.18. The minimum absolute atomic E-state index is 0.0183. The van der Waals surface area contributed by atoms with Gasteiger partial charge in [-0.05, 0) is 56.6 Å². The van der Waals surface area contributed by atoms with Crippen molar-refractivity contribution in [3.63, 3.8) is 0 Å². The molecule has 0 radical (unpaired) electrons. The average molecular weight is 480 g/mol. The van der Waals surface area contributed by atoms with Crippen molar-refractivity contribution in [1.82, 2.24) is 0 Å². The molecule has 1 saturated carbocycles. The molecule has 1 aromatic carbocycles. The highest BCUT2D eigenvalue weighted by Crippen LogP contribution is 2.46. The molecule has 1 N–H and O–H groups in total. The zero-order chi connectivity index (χ0) is 23.5. The zero-order valence-corrected chi connectivity index (χ0v) is 19.2. The Labute approximate surface area is 195 Å². The number of hydrogen-bond donors (Lipinski definition) is 1. The third-order valence-corrected chi connectivity index (χ3v) is 7.60. The molecule has 4 rings (SSSR count). The minimum atomic E-state index is -1.52. The van der Waals surface area contributed by atoms with Crippen LogP contribution < -0.4 is 9.64 Å². The molecule has 0 atom stereocenters.